The van der Waals surface area contributed by atoms with Crippen molar-refractivity contribution in [2.75, 3.05) is 32.2 Å². The number of anilines is 1. The molecule has 0 spiro atoms. The zero-order chi connectivity index (χ0) is 21.8. The average molecular weight is 459 g/mol. The summed E-state index contributed by atoms with van der Waals surface area (Å²) in [5, 5.41) is 3.13. The normalized spacial score (nSPS) is 12.2. The van der Waals surface area contributed by atoms with E-state index in [2.05, 4.69) is 15.0 Å². The van der Waals surface area contributed by atoms with Gasteiger partial charge in [0, 0.05) is 26.0 Å². The molecule has 158 valence electrons. The molecule has 1 heterocycles. The molecule has 1 aromatic carbocycles. The number of aryl methyl sites for hydroxylation is 1. The fourth-order valence-electron chi connectivity index (χ4n) is 2.23. The van der Waals surface area contributed by atoms with Gasteiger partial charge in [0.1, 0.15) is 4.90 Å². The first-order chi connectivity index (χ1) is 13.5. The molecule has 0 aliphatic rings. The number of amides is 1. The van der Waals surface area contributed by atoms with Crippen LogP contribution in [-0.2, 0) is 24.8 Å². The van der Waals surface area contributed by atoms with Crippen LogP contribution in [0.3, 0.4) is 0 Å². The summed E-state index contributed by atoms with van der Waals surface area (Å²) >= 11 is 1.13. The van der Waals surface area contributed by atoms with Gasteiger partial charge in [0.05, 0.1) is 15.7 Å². The number of rotatable bonds is 8. The zero-order valence-corrected chi connectivity index (χ0v) is 18.8. The zero-order valence-electron chi connectivity index (χ0n) is 16.3. The second-order valence-corrected chi connectivity index (χ2v) is 11.1. The van der Waals surface area contributed by atoms with Crippen molar-refractivity contribution in [1.29, 1.82) is 0 Å². The van der Waals surface area contributed by atoms with Crippen LogP contribution in [0.1, 0.15) is 5.56 Å². The van der Waals surface area contributed by atoms with Gasteiger partial charge in [-0.3, -0.25) is 4.79 Å². The Balaban J connectivity index is 2.03. The highest BCUT2D eigenvalue weighted by Gasteiger charge is 2.18. The number of sulfonamides is 2. The number of benzene rings is 1. The summed E-state index contributed by atoms with van der Waals surface area (Å²) in [4.78, 5) is 16.4. The third kappa shape index (κ3) is 5.76. The Bertz CT molecular complexity index is 1100. The predicted molar refractivity (Wildman–Crippen MR) is 112 cm³/mol. The average Bonchev–Trinajstić information content (AvgIpc) is 2.68. The van der Waals surface area contributed by atoms with Crippen molar-refractivity contribution in [3.8, 4) is 0 Å². The van der Waals surface area contributed by atoms with Gasteiger partial charge in [-0.15, -0.1) is 0 Å². The fourth-order valence-corrected chi connectivity index (χ4v) is 4.71. The minimum absolute atomic E-state index is 0.0226. The van der Waals surface area contributed by atoms with Crippen molar-refractivity contribution in [2.24, 2.45) is 0 Å². The van der Waals surface area contributed by atoms with Crippen LogP contribution in [0.2, 0.25) is 0 Å². The Morgan fingerprint density at radius 2 is 1.83 bits per heavy atom. The SMILES string of the molecule is CNS(=O)(=O)c1cc(NC(=O)CSc2ccc(S(=O)(=O)N(C)C)cn2)ccc1C. The molecule has 0 bridgehead atoms. The van der Waals surface area contributed by atoms with Gasteiger partial charge in [-0.05, 0) is 43.8 Å². The number of carbonyl (C=O) groups excluding carboxylic acids is 1. The molecule has 0 fully saturated rings. The lowest BCUT2D eigenvalue weighted by molar-refractivity contribution is -0.113. The molecule has 0 radical (unpaired) electrons. The van der Waals surface area contributed by atoms with Crippen LogP contribution in [0.5, 0.6) is 0 Å². The van der Waals surface area contributed by atoms with E-state index in [1.54, 1.807) is 19.1 Å². The highest BCUT2D eigenvalue weighted by atomic mass is 32.2. The minimum atomic E-state index is -3.63. The standard InChI is InChI=1S/C17H22N4O5S3/c1-12-5-6-13(9-15(12)28(23,24)18-2)20-16(22)11-27-17-8-7-14(10-19-17)29(25,26)21(3)4/h5-10,18H,11H2,1-4H3,(H,20,22). The summed E-state index contributed by atoms with van der Waals surface area (Å²) in [6, 6.07) is 7.57. The summed E-state index contributed by atoms with van der Waals surface area (Å²) in [6.45, 7) is 1.66. The Morgan fingerprint density at radius 3 is 2.38 bits per heavy atom. The maximum atomic E-state index is 12.2. The number of nitrogens with zero attached hydrogens (tertiary/aromatic N) is 2. The number of hydrogen-bond donors (Lipinski definition) is 2. The molecule has 0 atom stereocenters. The first kappa shape index (κ1) is 23.3. The summed E-state index contributed by atoms with van der Waals surface area (Å²) in [5.74, 6) is -0.326. The fraction of sp³-hybridized carbons (Fsp3) is 0.294. The molecule has 2 aromatic rings. The van der Waals surface area contributed by atoms with E-state index < -0.39 is 20.0 Å². The maximum Gasteiger partial charge on any atom is 0.244 e. The molecule has 0 aliphatic carbocycles. The lowest BCUT2D eigenvalue weighted by atomic mass is 10.2. The molecule has 0 unspecified atom stereocenters. The lowest BCUT2D eigenvalue weighted by Crippen LogP contribution is -2.22. The van der Waals surface area contributed by atoms with Gasteiger partial charge in [0.15, 0.2) is 0 Å². The molecule has 9 nitrogen and oxygen atoms in total. The topological polar surface area (TPSA) is 126 Å². The quantitative estimate of drug-likeness (QED) is 0.571. The molecule has 0 aliphatic heterocycles. The molecule has 2 N–H and O–H groups in total. The summed E-state index contributed by atoms with van der Waals surface area (Å²) in [6.07, 6.45) is 1.24. The van der Waals surface area contributed by atoms with E-state index in [-0.39, 0.29) is 21.5 Å². The molecule has 12 heteroatoms. The molecule has 0 saturated heterocycles. The highest BCUT2D eigenvalue weighted by Crippen LogP contribution is 2.22. The van der Waals surface area contributed by atoms with Crippen LogP contribution in [-0.4, -0.2) is 58.9 Å². The predicted octanol–water partition coefficient (Wildman–Crippen LogP) is 1.28. The van der Waals surface area contributed by atoms with Gasteiger partial charge in [0.2, 0.25) is 26.0 Å². The first-order valence-corrected chi connectivity index (χ1v) is 12.2. The highest BCUT2D eigenvalue weighted by molar-refractivity contribution is 7.99. The van der Waals surface area contributed by atoms with E-state index in [0.29, 0.717) is 16.3 Å². The third-order valence-corrected chi connectivity index (χ3v) is 8.17. The van der Waals surface area contributed by atoms with Crippen molar-refractivity contribution in [1.82, 2.24) is 14.0 Å². The van der Waals surface area contributed by atoms with Crippen molar-refractivity contribution in [2.45, 2.75) is 21.7 Å². The number of carbonyl (C=O) groups is 1. The molecule has 1 amide bonds. The van der Waals surface area contributed by atoms with Crippen LogP contribution < -0.4 is 10.0 Å². The van der Waals surface area contributed by atoms with E-state index in [1.165, 1.54) is 45.5 Å². The van der Waals surface area contributed by atoms with Gasteiger partial charge in [-0.2, -0.15) is 0 Å². The van der Waals surface area contributed by atoms with E-state index >= 15 is 0 Å². The van der Waals surface area contributed by atoms with E-state index in [4.69, 9.17) is 0 Å². The van der Waals surface area contributed by atoms with E-state index in [1.807, 2.05) is 0 Å². The number of thioether (sulfide) groups is 1. The molecular formula is C17H22N4O5S3. The van der Waals surface area contributed by atoms with Crippen LogP contribution >= 0.6 is 11.8 Å². The Kier molecular flexibility index (Phi) is 7.40. The number of aromatic nitrogens is 1. The monoisotopic (exact) mass is 458 g/mol. The first-order valence-electron chi connectivity index (χ1n) is 8.33. The molecule has 0 saturated carbocycles. The maximum absolute atomic E-state index is 12.2. The number of nitrogens with one attached hydrogen (secondary N) is 2. The number of pyridine rings is 1. The van der Waals surface area contributed by atoms with Crippen molar-refractivity contribution < 1.29 is 21.6 Å². The minimum Gasteiger partial charge on any atom is -0.325 e. The van der Waals surface area contributed by atoms with Crippen LogP contribution in [0.25, 0.3) is 0 Å². The van der Waals surface area contributed by atoms with E-state index in [0.717, 1.165) is 16.1 Å². The molecular weight excluding hydrogens is 436 g/mol. The third-order valence-electron chi connectivity index (χ3n) is 3.87. The van der Waals surface area contributed by atoms with Crippen LogP contribution in [0.15, 0.2) is 51.3 Å². The smallest absolute Gasteiger partial charge is 0.244 e. The van der Waals surface area contributed by atoms with Gasteiger partial charge < -0.3 is 5.32 Å². The molecule has 2 rings (SSSR count). The summed E-state index contributed by atoms with van der Waals surface area (Å²) in [7, 11) is -3.01. The van der Waals surface area contributed by atoms with Crippen molar-refractivity contribution in [3.05, 3.63) is 42.1 Å². The van der Waals surface area contributed by atoms with Gasteiger partial charge in [-0.1, -0.05) is 17.8 Å². The van der Waals surface area contributed by atoms with Gasteiger partial charge >= 0.3 is 0 Å². The second kappa shape index (κ2) is 9.22. The molecule has 29 heavy (non-hydrogen) atoms. The Hall–Kier alpha value is -1.99. The molecule has 1 aromatic heterocycles. The summed E-state index contributed by atoms with van der Waals surface area (Å²) < 4.78 is 51.4. The Labute approximate surface area is 175 Å². The lowest BCUT2D eigenvalue weighted by Gasteiger charge is -2.11. The van der Waals surface area contributed by atoms with Gasteiger partial charge in [-0.25, -0.2) is 30.8 Å². The van der Waals surface area contributed by atoms with Crippen LogP contribution in [0.4, 0.5) is 5.69 Å². The number of hydrogen-bond acceptors (Lipinski definition) is 7. The Morgan fingerprint density at radius 1 is 1.14 bits per heavy atom. The summed E-state index contributed by atoms with van der Waals surface area (Å²) in [5.41, 5.74) is 0.916. The van der Waals surface area contributed by atoms with Gasteiger partial charge in [0.25, 0.3) is 0 Å². The second-order valence-electron chi connectivity index (χ2n) is 6.14. The van der Waals surface area contributed by atoms with Crippen LogP contribution in [0, 0.1) is 6.92 Å². The van der Waals surface area contributed by atoms with Crippen molar-refractivity contribution in [3.63, 3.8) is 0 Å². The van der Waals surface area contributed by atoms with E-state index in [9.17, 15) is 21.6 Å². The van der Waals surface area contributed by atoms with Crippen molar-refractivity contribution >= 4 is 43.4 Å². The largest absolute Gasteiger partial charge is 0.325 e.